The summed E-state index contributed by atoms with van der Waals surface area (Å²) in [6.45, 7) is 0. The Morgan fingerprint density at radius 1 is 1.40 bits per heavy atom. The van der Waals surface area contributed by atoms with E-state index in [4.69, 9.17) is 5.73 Å². The van der Waals surface area contributed by atoms with Crippen LogP contribution in [0.1, 0.15) is 5.56 Å². The van der Waals surface area contributed by atoms with Crippen molar-refractivity contribution in [2.45, 2.75) is 0 Å². The number of hydrogen-bond acceptors (Lipinski definition) is 5. The van der Waals surface area contributed by atoms with Crippen molar-refractivity contribution in [3.63, 3.8) is 0 Å². The number of halogens is 1. The number of fused-ring (bicyclic) bond motifs is 1. The number of nitrogens with zero attached hydrogens (tertiary/aromatic N) is 4. The van der Waals surface area contributed by atoms with E-state index in [1.165, 1.54) is 0 Å². The van der Waals surface area contributed by atoms with Crippen molar-refractivity contribution in [2.24, 2.45) is 0 Å². The van der Waals surface area contributed by atoms with E-state index in [1.807, 2.05) is 6.07 Å². The van der Waals surface area contributed by atoms with Gasteiger partial charge in [0.25, 0.3) is 0 Å². The molecule has 0 spiro atoms. The topological polar surface area (TPSA) is 92.0 Å². The van der Waals surface area contributed by atoms with E-state index in [0.29, 0.717) is 28.5 Å². The number of hydrogen-bond donors (Lipinski definition) is 2. The van der Waals surface area contributed by atoms with Crippen molar-refractivity contribution >= 4 is 38.9 Å². The van der Waals surface area contributed by atoms with E-state index in [1.54, 1.807) is 35.1 Å². The molecule has 2 heterocycles. The molecule has 0 saturated carbocycles. The Labute approximate surface area is 123 Å². The maximum absolute atomic E-state index is 9.17. The Morgan fingerprint density at radius 2 is 2.25 bits per heavy atom. The molecule has 1 aromatic carbocycles. The van der Waals surface area contributed by atoms with Gasteiger partial charge in [-0.05, 0) is 18.2 Å². The molecular weight excluding hydrogens is 320 g/mol. The van der Waals surface area contributed by atoms with Crippen LogP contribution in [0.5, 0.6) is 0 Å². The summed E-state index contributed by atoms with van der Waals surface area (Å²) < 4.78 is 2.61. The van der Waals surface area contributed by atoms with Crippen molar-refractivity contribution < 1.29 is 0 Å². The average molecular weight is 329 g/mol. The smallest absolute Gasteiger partial charge is 0.180 e. The molecular formula is C13H9BrN6. The summed E-state index contributed by atoms with van der Waals surface area (Å²) >= 11 is 3.34. The SMILES string of the molecule is N#Cc1cc(Br)ccc1Nc1nc(N)cn2ccnc12. The van der Waals surface area contributed by atoms with Gasteiger partial charge >= 0.3 is 0 Å². The third kappa shape index (κ3) is 2.17. The molecule has 0 aliphatic heterocycles. The predicted octanol–water partition coefficient (Wildman–Crippen LogP) is 2.69. The highest BCUT2D eigenvalue weighted by molar-refractivity contribution is 9.10. The number of imidazole rings is 1. The molecule has 0 radical (unpaired) electrons. The fourth-order valence-electron chi connectivity index (χ4n) is 1.88. The van der Waals surface area contributed by atoms with Crippen molar-refractivity contribution in [1.29, 1.82) is 5.26 Å². The lowest BCUT2D eigenvalue weighted by atomic mass is 10.2. The number of nitriles is 1. The van der Waals surface area contributed by atoms with E-state index in [0.717, 1.165) is 4.47 Å². The fourth-order valence-corrected chi connectivity index (χ4v) is 2.24. The molecule has 0 unspecified atom stereocenters. The van der Waals surface area contributed by atoms with Gasteiger partial charge in [-0.15, -0.1) is 0 Å². The number of nitrogen functional groups attached to an aromatic ring is 1. The molecule has 6 nitrogen and oxygen atoms in total. The third-order valence-electron chi connectivity index (χ3n) is 2.75. The zero-order valence-electron chi connectivity index (χ0n) is 10.2. The van der Waals surface area contributed by atoms with Crippen LogP contribution in [0.2, 0.25) is 0 Å². The minimum Gasteiger partial charge on any atom is -0.382 e. The van der Waals surface area contributed by atoms with Crippen LogP contribution < -0.4 is 11.1 Å². The zero-order chi connectivity index (χ0) is 14.1. The summed E-state index contributed by atoms with van der Waals surface area (Å²) in [7, 11) is 0. The molecule has 0 aliphatic carbocycles. The van der Waals surface area contributed by atoms with Gasteiger partial charge in [0.1, 0.15) is 11.9 Å². The van der Waals surface area contributed by atoms with Gasteiger partial charge in [0, 0.05) is 16.9 Å². The molecule has 0 bridgehead atoms. The maximum atomic E-state index is 9.17. The Kier molecular flexibility index (Phi) is 3.00. The lowest BCUT2D eigenvalue weighted by molar-refractivity contribution is 1.14. The predicted molar refractivity (Wildman–Crippen MR) is 79.5 cm³/mol. The van der Waals surface area contributed by atoms with Gasteiger partial charge in [-0.25, -0.2) is 9.97 Å². The van der Waals surface area contributed by atoms with Crippen LogP contribution in [0.25, 0.3) is 5.65 Å². The fraction of sp³-hybridized carbons (Fsp3) is 0. The number of anilines is 3. The second-order valence-corrected chi connectivity index (χ2v) is 5.01. The van der Waals surface area contributed by atoms with Crippen LogP contribution in [-0.4, -0.2) is 14.4 Å². The maximum Gasteiger partial charge on any atom is 0.180 e. The normalized spacial score (nSPS) is 10.4. The first-order chi connectivity index (χ1) is 9.67. The Hall–Kier alpha value is -2.59. The largest absolute Gasteiger partial charge is 0.382 e. The first kappa shape index (κ1) is 12.4. The molecule has 0 amide bonds. The third-order valence-corrected chi connectivity index (χ3v) is 3.24. The summed E-state index contributed by atoms with van der Waals surface area (Å²) in [4.78, 5) is 8.45. The van der Waals surface area contributed by atoms with Crippen molar-refractivity contribution in [2.75, 3.05) is 11.1 Å². The summed E-state index contributed by atoms with van der Waals surface area (Å²) in [5.41, 5.74) is 7.56. The van der Waals surface area contributed by atoms with Crippen molar-refractivity contribution in [3.8, 4) is 6.07 Å². The van der Waals surface area contributed by atoms with Gasteiger partial charge in [-0.3, -0.25) is 0 Å². The zero-order valence-corrected chi connectivity index (χ0v) is 11.8. The lowest BCUT2D eigenvalue weighted by Crippen LogP contribution is -2.03. The van der Waals surface area contributed by atoms with E-state index in [2.05, 4.69) is 37.3 Å². The van der Waals surface area contributed by atoms with Crippen LogP contribution in [0, 0.1) is 11.3 Å². The average Bonchev–Trinajstić information content (AvgIpc) is 2.88. The second kappa shape index (κ2) is 4.83. The van der Waals surface area contributed by atoms with Crippen molar-refractivity contribution in [1.82, 2.24) is 14.4 Å². The number of nitrogens with two attached hydrogens (primary N) is 1. The standard InChI is InChI=1S/C13H9BrN6/c14-9-1-2-10(8(5-9)6-15)18-12-13-17-3-4-20(13)7-11(16)19-12/h1-5,7H,16H2,(H,18,19). The Bertz CT molecular complexity index is 832. The van der Waals surface area contributed by atoms with Crippen LogP contribution >= 0.6 is 15.9 Å². The van der Waals surface area contributed by atoms with Gasteiger partial charge in [-0.2, -0.15) is 5.26 Å². The minimum atomic E-state index is 0.369. The quantitative estimate of drug-likeness (QED) is 0.754. The van der Waals surface area contributed by atoms with E-state index in [9.17, 15) is 5.26 Å². The summed E-state index contributed by atoms with van der Waals surface area (Å²) in [5, 5.41) is 12.3. The van der Waals surface area contributed by atoms with Crippen molar-refractivity contribution in [3.05, 3.63) is 46.8 Å². The van der Waals surface area contributed by atoms with Gasteiger partial charge < -0.3 is 15.5 Å². The molecule has 20 heavy (non-hydrogen) atoms. The molecule has 3 aromatic rings. The van der Waals surface area contributed by atoms with E-state index in [-0.39, 0.29) is 0 Å². The number of benzene rings is 1. The molecule has 0 atom stereocenters. The van der Waals surface area contributed by atoms with Crippen LogP contribution in [0.3, 0.4) is 0 Å². The molecule has 0 aliphatic rings. The molecule has 3 rings (SSSR count). The van der Waals surface area contributed by atoms with E-state index < -0.39 is 0 Å². The van der Waals surface area contributed by atoms with Gasteiger partial charge in [0.15, 0.2) is 11.5 Å². The van der Waals surface area contributed by atoms with Crippen LogP contribution in [-0.2, 0) is 0 Å². The Balaban J connectivity index is 2.10. The number of aromatic nitrogens is 3. The monoisotopic (exact) mass is 328 g/mol. The van der Waals surface area contributed by atoms with Gasteiger partial charge in [0.05, 0.1) is 17.4 Å². The molecule has 7 heteroatoms. The highest BCUT2D eigenvalue weighted by Gasteiger charge is 2.09. The highest BCUT2D eigenvalue weighted by atomic mass is 79.9. The number of rotatable bonds is 2. The highest BCUT2D eigenvalue weighted by Crippen LogP contribution is 2.25. The minimum absolute atomic E-state index is 0.369. The summed E-state index contributed by atoms with van der Waals surface area (Å²) in [5.74, 6) is 0.877. The summed E-state index contributed by atoms with van der Waals surface area (Å²) in [6, 6.07) is 7.51. The number of nitrogens with one attached hydrogen (secondary N) is 1. The molecule has 98 valence electrons. The van der Waals surface area contributed by atoms with Gasteiger partial charge in [-0.1, -0.05) is 15.9 Å². The molecule has 3 N–H and O–H groups in total. The van der Waals surface area contributed by atoms with Gasteiger partial charge in [0.2, 0.25) is 0 Å². The van der Waals surface area contributed by atoms with Crippen LogP contribution in [0.4, 0.5) is 17.3 Å². The second-order valence-electron chi connectivity index (χ2n) is 4.10. The van der Waals surface area contributed by atoms with Crippen LogP contribution in [0.15, 0.2) is 41.3 Å². The first-order valence-electron chi connectivity index (χ1n) is 5.73. The molecule has 0 fully saturated rings. The first-order valence-corrected chi connectivity index (χ1v) is 6.52. The molecule has 0 saturated heterocycles. The summed E-state index contributed by atoms with van der Waals surface area (Å²) in [6.07, 6.45) is 5.13. The van der Waals surface area contributed by atoms with E-state index >= 15 is 0 Å². The molecule has 2 aromatic heterocycles. The Morgan fingerprint density at radius 3 is 3.05 bits per heavy atom. The lowest BCUT2D eigenvalue weighted by Gasteiger charge is -2.09.